The van der Waals surface area contributed by atoms with Gasteiger partial charge in [0.2, 0.25) is 0 Å². The first-order valence-corrected chi connectivity index (χ1v) is 7.89. The summed E-state index contributed by atoms with van der Waals surface area (Å²) in [4.78, 5) is 23.3. The van der Waals surface area contributed by atoms with Crippen molar-refractivity contribution < 1.29 is 14.5 Å². The van der Waals surface area contributed by atoms with Gasteiger partial charge in [-0.3, -0.25) is 15.4 Å². The largest absolute Gasteiger partial charge is 0.444 e. The lowest BCUT2D eigenvalue weighted by molar-refractivity contribution is -0.383. The van der Waals surface area contributed by atoms with Crippen LogP contribution in [0.5, 0.6) is 0 Å². The van der Waals surface area contributed by atoms with Gasteiger partial charge in [0.05, 0.1) is 9.26 Å². The van der Waals surface area contributed by atoms with Gasteiger partial charge in [-0.25, -0.2) is 4.79 Å². The summed E-state index contributed by atoms with van der Waals surface area (Å²) in [5, 5.41) is 13.7. The van der Waals surface area contributed by atoms with E-state index in [1.165, 1.54) is 23.5 Å². The fourth-order valence-electron chi connectivity index (χ4n) is 1.82. The van der Waals surface area contributed by atoms with Crippen LogP contribution in [0.15, 0.2) is 30.3 Å². The van der Waals surface area contributed by atoms with E-state index >= 15 is 0 Å². The molecule has 2 aromatic rings. The van der Waals surface area contributed by atoms with Gasteiger partial charge in [0.25, 0.3) is 5.69 Å². The highest BCUT2D eigenvalue weighted by Gasteiger charge is 2.21. The molecule has 0 saturated heterocycles. The van der Waals surface area contributed by atoms with E-state index in [0.717, 1.165) is 4.88 Å². The maximum absolute atomic E-state index is 11.8. The molecule has 0 aliphatic heterocycles. The Bertz CT molecular complexity index is 752. The van der Waals surface area contributed by atoms with Gasteiger partial charge in [0.15, 0.2) is 0 Å². The van der Waals surface area contributed by atoms with Gasteiger partial charge in [0, 0.05) is 10.9 Å². The Hall–Kier alpha value is -2.12. The Kier molecular flexibility index (Phi) is 4.91. The molecule has 1 amide bonds. The number of carbonyl (C=O) groups excluding carboxylic acids is 1. The number of rotatable bonds is 3. The molecule has 2 rings (SSSR count). The van der Waals surface area contributed by atoms with Crippen molar-refractivity contribution in [2.45, 2.75) is 26.4 Å². The molecule has 0 atom stereocenters. The molecular weight excluding hydrogens is 340 g/mol. The smallest absolute Gasteiger partial charge is 0.412 e. The molecule has 0 aliphatic carbocycles. The fourth-order valence-corrected chi connectivity index (χ4v) is 2.86. The zero-order valence-corrected chi connectivity index (χ0v) is 14.3. The van der Waals surface area contributed by atoms with E-state index in [-0.39, 0.29) is 11.4 Å². The quantitative estimate of drug-likeness (QED) is 0.597. The minimum Gasteiger partial charge on any atom is -0.444 e. The van der Waals surface area contributed by atoms with Crippen molar-refractivity contribution in [3.63, 3.8) is 0 Å². The standard InChI is InChI=1S/C15H15ClN2O4S/c1-15(2,3)22-14(19)17-10-5-4-9(8-11(10)18(20)21)12-6-7-13(16)23-12/h4-8H,1-3H3,(H,17,19). The van der Waals surface area contributed by atoms with Crippen molar-refractivity contribution in [3.8, 4) is 10.4 Å². The third-order valence-electron chi connectivity index (χ3n) is 2.69. The number of nitrogens with one attached hydrogen (secondary N) is 1. The monoisotopic (exact) mass is 354 g/mol. The van der Waals surface area contributed by atoms with Crippen molar-refractivity contribution in [3.05, 3.63) is 44.8 Å². The Morgan fingerprint density at radius 2 is 2.00 bits per heavy atom. The van der Waals surface area contributed by atoms with Gasteiger partial charge in [-0.2, -0.15) is 0 Å². The lowest BCUT2D eigenvalue weighted by atomic mass is 10.1. The van der Waals surface area contributed by atoms with Crippen LogP contribution >= 0.6 is 22.9 Å². The zero-order valence-electron chi connectivity index (χ0n) is 12.8. The summed E-state index contributed by atoms with van der Waals surface area (Å²) in [6, 6.07) is 8.06. The van der Waals surface area contributed by atoms with E-state index in [1.807, 2.05) is 0 Å². The highest BCUT2D eigenvalue weighted by Crippen LogP contribution is 2.35. The topological polar surface area (TPSA) is 81.5 Å². The summed E-state index contributed by atoms with van der Waals surface area (Å²) < 4.78 is 5.70. The molecule has 6 nitrogen and oxygen atoms in total. The molecular formula is C15H15ClN2O4S. The van der Waals surface area contributed by atoms with Crippen LogP contribution in [0.3, 0.4) is 0 Å². The first kappa shape index (κ1) is 17.2. The molecule has 8 heteroatoms. The molecule has 0 saturated carbocycles. The lowest BCUT2D eigenvalue weighted by Gasteiger charge is -2.19. The van der Waals surface area contributed by atoms with Crippen molar-refractivity contribution in [2.24, 2.45) is 0 Å². The van der Waals surface area contributed by atoms with E-state index in [0.29, 0.717) is 9.90 Å². The number of nitro benzene ring substituents is 1. The van der Waals surface area contributed by atoms with Crippen LogP contribution in [0.4, 0.5) is 16.2 Å². The van der Waals surface area contributed by atoms with Crippen LogP contribution in [0.25, 0.3) is 10.4 Å². The molecule has 0 spiro atoms. The number of carbonyl (C=O) groups is 1. The molecule has 1 aromatic carbocycles. The SMILES string of the molecule is CC(C)(C)OC(=O)Nc1ccc(-c2ccc(Cl)s2)cc1[N+](=O)[O-]. The molecule has 122 valence electrons. The van der Waals surface area contributed by atoms with Crippen LogP contribution in [0.2, 0.25) is 4.34 Å². The van der Waals surface area contributed by atoms with E-state index < -0.39 is 16.6 Å². The highest BCUT2D eigenvalue weighted by atomic mass is 35.5. The molecule has 0 radical (unpaired) electrons. The van der Waals surface area contributed by atoms with E-state index in [4.69, 9.17) is 16.3 Å². The number of amides is 1. The molecule has 23 heavy (non-hydrogen) atoms. The fraction of sp³-hybridized carbons (Fsp3) is 0.267. The number of nitrogens with zero attached hydrogens (tertiary/aromatic N) is 1. The molecule has 0 aliphatic rings. The van der Waals surface area contributed by atoms with E-state index in [1.54, 1.807) is 39.0 Å². The normalized spacial score (nSPS) is 11.1. The van der Waals surface area contributed by atoms with Crippen LogP contribution < -0.4 is 5.32 Å². The Balaban J connectivity index is 2.30. The predicted molar refractivity (Wildman–Crippen MR) is 91.3 cm³/mol. The summed E-state index contributed by atoms with van der Waals surface area (Å²) in [5.74, 6) is 0. The number of hydrogen-bond acceptors (Lipinski definition) is 5. The number of halogens is 1. The van der Waals surface area contributed by atoms with Crippen molar-refractivity contribution in [2.75, 3.05) is 5.32 Å². The number of benzene rings is 1. The van der Waals surface area contributed by atoms with Gasteiger partial charge >= 0.3 is 6.09 Å². The molecule has 0 unspecified atom stereocenters. The Labute approximate surface area is 142 Å². The van der Waals surface area contributed by atoms with Crippen molar-refractivity contribution in [1.29, 1.82) is 0 Å². The molecule has 0 bridgehead atoms. The first-order valence-electron chi connectivity index (χ1n) is 6.70. The minimum absolute atomic E-state index is 0.0793. The van der Waals surface area contributed by atoms with Crippen LogP contribution in [-0.2, 0) is 4.74 Å². The van der Waals surface area contributed by atoms with Crippen LogP contribution in [0, 0.1) is 10.1 Å². The molecule has 1 aromatic heterocycles. The summed E-state index contributed by atoms with van der Waals surface area (Å²) >= 11 is 7.21. The third-order valence-corrected chi connectivity index (χ3v) is 3.97. The van der Waals surface area contributed by atoms with Gasteiger partial charge in [-0.1, -0.05) is 17.7 Å². The van der Waals surface area contributed by atoms with Gasteiger partial charge in [-0.05, 0) is 44.5 Å². The maximum Gasteiger partial charge on any atom is 0.412 e. The highest BCUT2D eigenvalue weighted by molar-refractivity contribution is 7.19. The predicted octanol–water partition coefficient (Wildman–Crippen LogP) is 5.32. The second-order valence-electron chi connectivity index (χ2n) is 5.72. The lowest BCUT2D eigenvalue weighted by Crippen LogP contribution is -2.27. The number of ether oxygens (including phenoxy) is 1. The van der Waals surface area contributed by atoms with E-state index in [9.17, 15) is 14.9 Å². The summed E-state index contributed by atoms with van der Waals surface area (Å²) in [7, 11) is 0. The summed E-state index contributed by atoms with van der Waals surface area (Å²) in [5.41, 5.74) is -0.163. The molecule has 1 heterocycles. The number of nitro groups is 1. The van der Waals surface area contributed by atoms with Crippen LogP contribution in [0.1, 0.15) is 20.8 Å². The first-order chi connectivity index (χ1) is 10.7. The Morgan fingerprint density at radius 1 is 1.30 bits per heavy atom. The maximum atomic E-state index is 11.8. The number of thiophene rings is 1. The van der Waals surface area contributed by atoms with Gasteiger partial charge < -0.3 is 4.74 Å². The number of anilines is 1. The summed E-state index contributed by atoms with van der Waals surface area (Å²) in [6.07, 6.45) is -0.743. The summed E-state index contributed by atoms with van der Waals surface area (Å²) in [6.45, 7) is 5.14. The van der Waals surface area contributed by atoms with Crippen LogP contribution in [-0.4, -0.2) is 16.6 Å². The van der Waals surface area contributed by atoms with Crippen molar-refractivity contribution >= 4 is 40.4 Å². The molecule has 1 N–H and O–H groups in total. The average Bonchev–Trinajstić information content (AvgIpc) is 2.83. The second kappa shape index (κ2) is 6.55. The zero-order chi connectivity index (χ0) is 17.2. The minimum atomic E-state index is -0.743. The van der Waals surface area contributed by atoms with E-state index in [2.05, 4.69) is 5.32 Å². The van der Waals surface area contributed by atoms with Gasteiger partial charge in [-0.15, -0.1) is 11.3 Å². The second-order valence-corrected chi connectivity index (χ2v) is 7.43. The number of hydrogen-bond donors (Lipinski definition) is 1. The Morgan fingerprint density at radius 3 is 2.52 bits per heavy atom. The van der Waals surface area contributed by atoms with Crippen molar-refractivity contribution in [1.82, 2.24) is 0 Å². The average molecular weight is 355 g/mol. The van der Waals surface area contributed by atoms with Gasteiger partial charge in [0.1, 0.15) is 11.3 Å². The third kappa shape index (κ3) is 4.67. The molecule has 0 fully saturated rings.